The Hall–Kier alpha value is -1.75. The van der Waals surface area contributed by atoms with E-state index in [0.29, 0.717) is 17.0 Å². The number of carbonyl (C=O) groups excluding carboxylic acids is 1. The van der Waals surface area contributed by atoms with Crippen molar-refractivity contribution in [3.05, 3.63) is 44.6 Å². The van der Waals surface area contributed by atoms with Gasteiger partial charge in [-0.2, -0.15) is 4.57 Å². The van der Waals surface area contributed by atoms with E-state index >= 15 is 0 Å². The average Bonchev–Trinajstić information content (AvgIpc) is 2.57. The zero-order chi connectivity index (χ0) is 11.7. The molecular weight excluding hydrogens is 224 g/mol. The van der Waals surface area contributed by atoms with Crippen molar-refractivity contribution < 1.29 is 9.36 Å². The fourth-order valence-electron chi connectivity index (χ4n) is 1.48. The Kier molecular flexibility index (Phi) is 2.70. The maximum absolute atomic E-state index is 11.5. The van der Waals surface area contributed by atoms with E-state index in [9.17, 15) is 9.59 Å². The Bertz CT molecular complexity index is 581. The van der Waals surface area contributed by atoms with Gasteiger partial charge in [0, 0.05) is 0 Å². The van der Waals surface area contributed by atoms with Gasteiger partial charge in [-0.1, -0.05) is 0 Å². The van der Waals surface area contributed by atoms with E-state index in [-0.39, 0.29) is 4.87 Å². The molecule has 2 aromatic rings. The summed E-state index contributed by atoms with van der Waals surface area (Å²) in [5, 5.41) is 0. The number of carbonyl (C=O) groups is 1. The van der Waals surface area contributed by atoms with Crippen LogP contribution in [0.3, 0.4) is 0 Å². The van der Waals surface area contributed by atoms with Gasteiger partial charge in [0.2, 0.25) is 0 Å². The van der Waals surface area contributed by atoms with Crippen LogP contribution in [0.25, 0.3) is 5.82 Å². The van der Waals surface area contributed by atoms with Crippen LogP contribution in [0.4, 0.5) is 0 Å². The summed E-state index contributed by atoms with van der Waals surface area (Å²) in [5.74, 6) is 0.616. The van der Waals surface area contributed by atoms with Gasteiger partial charge in [0.05, 0.1) is 19.4 Å². The molecule has 4 nitrogen and oxygen atoms in total. The summed E-state index contributed by atoms with van der Waals surface area (Å²) in [6, 6.07) is 3.85. The Balaban J connectivity index is 2.67. The Morgan fingerprint density at radius 1 is 1.38 bits per heavy atom. The second-order valence-corrected chi connectivity index (χ2v) is 4.51. The monoisotopic (exact) mass is 235 g/mol. The molecule has 16 heavy (non-hydrogen) atoms. The maximum Gasteiger partial charge on any atom is 0.392 e. The fourth-order valence-corrected chi connectivity index (χ4v) is 2.27. The molecule has 0 atom stereocenters. The van der Waals surface area contributed by atoms with E-state index in [2.05, 4.69) is 0 Å². The molecule has 0 unspecified atom stereocenters. The van der Waals surface area contributed by atoms with E-state index in [1.807, 2.05) is 31.5 Å². The minimum atomic E-state index is -0.134. The molecule has 0 spiro atoms. The van der Waals surface area contributed by atoms with Gasteiger partial charge in [0.1, 0.15) is 0 Å². The molecule has 0 saturated heterocycles. The molecule has 2 heterocycles. The molecule has 0 aliphatic rings. The molecule has 0 bridgehead atoms. The fraction of sp³-hybridized carbons (Fsp3) is 0.182. The average molecular weight is 235 g/mol. The summed E-state index contributed by atoms with van der Waals surface area (Å²) in [6.45, 7) is 1.98. The Labute approximate surface area is 96.4 Å². The number of nitrogens with zero attached hydrogens (tertiary/aromatic N) is 2. The molecule has 82 valence electrons. The van der Waals surface area contributed by atoms with Crippen molar-refractivity contribution in [1.29, 1.82) is 0 Å². The number of rotatable bonds is 2. The summed E-state index contributed by atoms with van der Waals surface area (Å²) >= 11 is 0.959. The minimum absolute atomic E-state index is 0.134. The quantitative estimate of drug-likeness (QED) is 0.572. The van der Waals surface area contributed by atoms with Crippen LogP contribution in [0.5, 0.6) is 0 Å². The van der Waals surface area contributed by atoms with Gasteiger partial charge < -0.3 is 0 Å². The van der Waals surface area contributed by atoms with Gasteiger partial charge in [-0.15, -0.1) is 0 Å². The van der Waals surface area contributed by atoms with Crippen molar-refractivity contribution in [3.63, 3.8) is 0 Å². The van der Waals surface area contributed by atoms with Gasteiger partial charge in [-0.25, -0.2) is 9.36 Å². The van der Waals surface area contributed by atoms with Gasteiger partial charge in [0.25, 0.3) is 0 Å². The van der Waals surface area contributed by atoms with Gasteiger partial charge >= 0.3 is 10.7 Å². The molecule has 0 aromatic carbocycles. The third-order valence-corrected chi connectivity index (χ3v) is 3.30. The Morgan fingerprint density at radius 2 is 2.00 bits per heavy atom. The molecule has 0 fully saturated rings. The number of hydrogen-bond donors (Lipinski definition) is 0. The molecule has 0 aliphatic heterocycles. The normalized spacial score (nSPS) is 10.4. The van der Waals surface area contributed by atoms with E-state index in [1.165, 1.54) is 4.57 Å². The van der Waals surface area contributed by atoms with Crippen molar-refractivity contribution in [3.8, 4) is 5.82 Å². The SMILES string of the molecule is Cc1cc[n+](-c2c(C=O)sc(=O)n2C)cc1. The summed E-state index contributed by atoms with van der Waals surface area (Å²) in [7, 11) is 1.66. The minimum Gasteiger partial charge on any atom is -0.297 e. The number of aldehydes is 1. The van der Waals surface area contributed by atoms with E-state index in [1.54, 1.807) is 11.6 Å². The highest BCUT2D eigenvalue weighted by Crippen LogP contribution is 2.08. The first kappa shape index (κ1) is 10.8. The summed E-state index contributed by atoms with van der Waals surface area (Å²) in [6.07, 6.45) is 4.39. The molecule has 5 heteroatoms. The van der Waals surface area contributed by atoms with Crippen LogP contribution in [-0.2, 0) is 7.05 Å². The molecule has 0 N–H and O–H groups in total. The lowest BCUT2D eigenvalue weighted by atomic mass is 10.3. The summed E-state index contributed by atoms with van der Waals surface area (Å²) < 4.78 is 3.25. The maximum atomic E-state index is 11.5. The van der Waals surface area contributed by atoms with Crippen LogP contribution in [0.15, 0.2) is 29.3 Å². The topological polar surface area (TPSA) is 42.9 Å². The van der Waals surface area contributed by atoms with Gasteiger partial charge in [-0.05, 0) is 36.0 Å². The summed E-state index contributed by atoms with van der Waals surface area (Å²) in [4.78, 5) is 22.7. The van der Waals surface area contributed by atoms with Crippen molar-refractivity contribution in [2.45, 2.75) is 6.92 Å². The third-order valence-electron chi connectivity index (χ3n) is 2.36. The van der Waals surface area contributed by atoms with Crippen LogP contribution in [0.2, 0.25) is 0 Å². The largest absolute Gasteiger partial charge is 0.392 e. The summed E-state index contributed by atoms with van der Waals surface area (Å²) in [5.41, 5.74) is 1.13. The van der Waals surface area contributed by atoms with Crippen molar-refractivity contribution in [2.24, 2.45) is 7.05 Å². The van der Waals surface area contributed by atoms with Crippen LogP contribution >= 0.6 is 11.3 Å². The second kappa shape index (κ2) is 4.02. The number of pyridine rings is 1. The highest BCUT2D eigenvalue weighted by Gasteiger charge is 2.21. The van der Waals surface area contributed by atoms with Crippen LogP contribution in [-0.4, -0.2) is 10.9 Å². The third kappa shape index (κ3) is 1.69. The number of hydrogen-bond acceptors (Lipinski definition) is 3. The highest BCUT2D eigenvalue weighted by atomic mass is 32.1. The van der Waals surface area contributed by atoms with E-state index in [4.69, 9.17) is 0 Å². The first-order chi connectivity index (χ1) is 7.63. The lowest BCUT2D eigenvalue weighted by Gasteiger charge is -1.98. The standard InChI is InChI=1S/C11H11N2O2S/c1-8-3-5-13(6-4-8)10-9(7-14)16-11(15)12(10)2/h3-7H,1-2H3/q+1. The van der Waals surface area contributed by atoms with Gasteiger partial charge in [-0.3, -0.25) is 4.79 Å². The second-order valence-electron chi connectivity index (χ2n) is 3.52. The molecule has 0 aliphatic carbocycles. The number of aromatic nitrogens is 2. The van der Waals surface area contributed by atoms with Crippen LogP contribution in [0, 0.1) is 6.92 Å². The zero-order valence-electron chi connectivity index (χ0n) is 9.01. The van der Waals surface area contributed by atoms with Crippen LogP contribution in [0.1, 0.15) is 15.2 Å². The molecule has 0 amide bonds. The molecule has 0 saturated carbocycles. The molecule has 2 rings (SSSR count). The zero-order valence-corrected chi connectivity index (χ0v) is 9.82. The molecular formula is C11H11N2O2S+. The van der Waals surface area contributed by atoms with E-state index in [0.717, 1.165) is 16.9 Å². The van der Waals surface area contributed by atoms with Crippen LogP contribution < -0.4 is 9.44 Å². The predicted molar refractivity (Wildman–Crippen MR) is 61.2 cm³/mol. The lowest BCUT2D eigenvalue weighted by molar-refractivity contribution is -0.601. The lowest BCUT2D eigenvalue weighted by Crippen LogP contribution is -2.35. The Morgan fingerprint density at radius 3 is 2.56 bits per heavy atom. The van der Waals surface area contributed by atoms with Crippen molar-refractivity contribution >= 4 is 17.6 Å². The van der Waals surface area contributed by atoms with E-state index < -0.39 is 0 Å². The predicted octanol–water partition coefficient (Wildman–Crippen LogP) is 0.844. The molecule has 2 aromatic heterocycles. The van der Waals surface area contributed by atoms with Gasteiger partial charge in [0.15, 0.2) is 11.2 Å². The number of aryl methyl sites for hydroxylation is 1. The van der Waals surface area contributed by atoms with Crippen molar-refractivity contribution in [1.82, 2.24) is 4.57 Å². The first-order valence-corrected chi connectivity index (χ1v) is 5.58. The highest BCUT2D eigenvalue weighted by molar-refractivity contribution is 7.11. The smallest absolute Gasteiger partial charge is 0.297 e. The molecule has 0 radical (unpaired) electrons. The van der Waals surface area contributed by atoms with Crippen molar-refractivity contribution in [2.75, 3.05) is 0 Å². The first-order valence-electron chi connectivity index (χ1n) is 4.77. The number of thiazole rings is 1.